The largest absolute Gasteiger partial charge is 0.340 e. The number of rotatable bonds is 8. The van der Waals surface area contributed by atoms with Crippen molar-refractivity contribution in [3.05, 3.63) is 35.4 Å². The van der Waals surface area contributed by atoms with Gasteiger partial charge in [0.2, 0.25) is 5.91 Å². The number of halogens is 2. The van der Waals surface area contributed by atoms with E-state index in [1.165, 1.54) is 38.2 Å². The molecule has 0 radical (unpaired) electrons. The van der Waals surface area contributed by atoms with Crippen LogP contribution in [-0.2, 0) is 4.79 Å². The maximum Gasteiger partial charge on any atom is 0.227 e. The molecule has 220 valence electrons. The number of nitrogens with zero attached hydrogens (tertiary/aromatic N) is 4. The lowest BCUT2D eigenvalue weighted by Gasteiger charge is -2.46. The van der Waals surface area contributed by atoms with Gasteiger partial charge < -0.3 is 4.90 Å². The van der Waals surface area contributed by atoms with E-state index in [0.29, 0.717) is 30.7 Å². The Hall–Kier alpha value is -1.57. The molecule has 2 heterocycles. The van der Waals surface area contributed by atoms with Crippen molar-refractivity contribution in [3.63, 3.8) is 0 Å². The minimum Gasteiger partial charge on any atom is -0.340 e. The Morgan fingerprint density at radius 3 is 2.26 bits per heavy atom. The lowest BCUT2D eigenvalue weighted by atomic mass is 9.82. The van der Waals surface area contributed by atoms with Crippen molar-refractivity contribution in [1.29, 1.82) is 0 Å². The first-order chi connectivity index (χ1) is 18.5. The topological polar surface area (TPSA) is 30.0 Å². The van der Waals surface area contributed by atoms with Crippen LogP contribution in [0.25, 0.3) is 0 Å². The van der Waals surface area contributed by atoms with Gasteiger partial charge in [-0.3, -0.25) is 19.5 Å². The second-order valence-corrected chi connectivity index (χ2v) is 13.5. The van der Waals surface area contributed by atoms with Crippen molar-refractivity contribution in [2.45, 2.75) is 97.2 Å². The SMILES string of the molecule is CCN(CC(C1CCCCC1)N1CCN(C(=O)[C@@H]2CN(C(C)(C)C)C[C@H]2c2ccc(F)cc2F)CC1)C(C)C. The molecule has 3 aliphatic rings. The third-order valence-electron chi connectivity index (χ3n) is 9.79. The molecule has 0 spiro atoms. The summed E-state index contributed by atoms with van der Waals surface area (Å²) in [5.41, 5.74) is 0.336. The Bertz CT molecular complexity index is 950. The number of hydrogen-bond acceptors (Lipinski definition) is 4. The summed E-state index contributed by atoms with van der Waals surface area (Å²) in [7, 11) is 0. The standard InChI is InChI=1S/C32H52F2N4O/c1-7-35(23(2)3)22-30(24-11-9-8-10-12-24)36-15-17-37(18-16-36)31(39)28-21-38(32(4,5)6)20-27(28)26-14-13-25(33)19-29(26)34/h13-14,19,23-24,27-28,30H,7-12,15-18,20-22H2,1-6H3/t27-,28+,30?/m0/s1. The zero-order valence-corrected chi connectivity index (χ0v) is 25.3. The van der Waals surface area contributed by atoms with E-state index in [-0.39, 0.29) is 23.3 Å². The summed E-state index contributed by atoms with van der Waals surface area (Å²) in [6.45, 7) is 19.9. The average molecular weight is 547 g/mol. The molecule has 1 aromatic carbocycles. The van der Waals surface area contributed by atoms with Crippen molar-refractivity contribution in [3.8, 4) is 0 Å². The number of piperazine rings is 1. The predicted molar refractivity (Wildman–Crippen MR) is 155 cm³/mol. The molecule has 4 rings (SSSR count). The van der Waals surface area contributed by atoms with E-state index in [2.05, 4.69) is 56.2 Å². The number of carbonyl (C=O) groups is 1. The van der Waals surface area contributed by atoms with Gasteiger partial charge in [0.1, 0.15) is 11.6 Å². The van der Waals surface area contributed by atoms with Crippen molar-refractivity contribution >= 4 is 5.91 Å². The van der Waals surface area contributed by atoms with Gasteiger partial charge in [-0.05, 0) is 71.6 Å². The first-order valence-electron chi connectivity index (χ1n) is 15.5. The van der Waals surface area contributed by atoms with Gasteiger partial charge in [0, 0.05) is 75.4 Å². The summed E-state index contributed by atoms with van der Waals surface area (Å²) in [6.07, 6.45) is 6.65. The number of likely N-dealkylation sites (tertiary alicyclic amines) is 1. The molecule has 0 bridgehead atoms. The predicted octanol–water partition coefficient (Wildman–Crippen LogP) is 5.60. The van der Waals surface area contributed by atoms with Crippen molar-refractivity contribution < 1.29 is 13.6 Å². The van der Waals surface area contributed by atoms with E-state index < -0.39 is 11.6 Å². The van der Waals surface area contributed by atoms with Crippen LogP contribution >= 0.6 is 0 Å². The van der Waals surface area contributed by atoms with E-state index in [9.17, 15) is 13.6 Å². The normalized spacial score (nSPS) is 25.1. The van der Waals surface area contributed by atoms with Crippen LogP contribution in [0.3, 0.4) is 0 Å². The Morgan fingerprint density at radius 2 is 1.69 bits per heavy atom. The third kappa shape index (κ3) is 7.20. The van der Waals surface area contributed by atoms with Gasteiger partial charge in [-0.2, -0.15) is 0 Å². The Morgan fingerprint density at radius 1 is 1.03 bits per heavy atom. The molecule has 7 heteroatoms. The smallest absolute Gasteiger partial charge is 0.227 e. The first kappa shape index (κ1) is 30.4. The summed E-state index contributed by atoms with van der Waals surface area (Å²) in [5.74, 6) is -0.848. The molecule has 39 heavy (non-hydrogen) atoms. The third-order valence-corrected chi connectivity index (χ3v) is 9.79. The quantitative estimate of drug-likeness (QED) is 0.425. The van der Waals surface area contributed by atoms with E-state index in [0.717, 1.165) is 51.3 Å². The highest BCUT2D eigenvalue weighted by atomic mass is 19.1. The van der Waals surface area contributed by atoms with Gasteiger partial charge in [0.05, 0.1) is 5.92 Å². The summed E-state index contributed by atoms with van der Waals surface area (Å²) in [5, 5.41) is 0. The molecule has 3 atom stereocenters. The zero-order valence-electron chi connectivity index (χ0n) is 25.3. The first-order valence-corrected chi connectivity index (χ1v) is 15.5. The van der Waals surface area contributed by atoms with Crippen LogP contribution in [0.15, 0.2) is 18.2 Å². The van der Waals surface area contributed by atoms with Crippen molar-refractivity contribution in [1.82, 2.24) is 19.6 Å². The van der Waals surface area contributed by atoms with Gasteiger partial charge in [0.25, 0.3) is 0 Å². The highest BCUT2D eigenvalue weighted by molar-refractivity contribution is 5.81. The van der Waals surface area contributed by atoms with Gasteiger partial charge in [0.15, 0.2) is 0 Å². The molecule has 2 aliphatic heterocycles. The van der Waals surface area contributed by atoms with Crippen molar-refractivity contribution in [2.75, 3.05) is 52.4 Å². The molecule has 0 N–H and O–H groups in total. The fourth-order valence-corrected chi connectivity index (χ4v) is 7.25. The molecule has 5 nitrogen and oxygen atoms in total. The van der Waals surface area contributed by atoms with E-state index in [4.69, 9.17) is 0 Å². The molecule has 1 unspecified atom stereocenters. The molecule has 0 aromatic heterocycles. The lowest BCUT2D eigenvalue weighted by Crippen LogP contribution is -2.58. The summed E-state index contributed by atoms with van der Waals surface area (Å²) >= 11 is 0. The number of hydrogen-bond donors (Lipinski definition) is 0. The Labute approximate surface area is 235 Å². The van der Waals surface area contributed by atoms with Crippen LogP contribution in [0, 0.1) is 23.5 Å². The van der Waals surface area contributed by atoms with Crippen LogP contribution in [0.5, 0.6) is 0 Å². The maximum absolute atomic E-state index is 14.9. The summed E-state index contributed by atoms with van der Waals surface area (Å²) < 4.78 is 28.6. The lowest BCUT2D eigenvalue weighted by molar-refractivity contribution is -0.138. The van der Waals surface area contributed by atoms with Crippen LogP contribution in [0.4, 0.5) is 8.78 Å². The number of likely N-dealkylation sites (N-methyl/N-ethyl adjacent to an activating group) is 1. The maximum atomic E-state index is 14.9. The second-order valence-electron chi connectivity index (χ2n) is 13.5. The highest BCUT2D eigenvalue weighted by Crippen LogP contribution is 2.39. The van der Waals surface area contributed by atoms with Gasteiger partial charge in [-0.25, -0.2) is 8.78 Å². The molecule has 1 amide bonds. The van der Waals surface area contributed by atoms with Crippen LogP contribution in [0.2, 0.25) is 0 Å². The van der Waals surface area contributed by atoms with E-state index in [1.807, 2.05) is 4.90 Å². The molecular formula is C32H52F2N4O. The number of amides is 1. The molecular weight excluding hydrogens is 494 g/mol. The molecule has 2 saturated heterocycles. The monoisotopic (exact) mass is 546 g/mol. The van der Waals surface area contributed by atoms with E-state index >= 15 is 0 Å². The summed E-state index contributed by atoms with van der Waals surface area (Å²) in [4.78, 5) is 23.6. The summed E-state index contributed by atoms with van der Waals surface area (Å²) in [6, 6.07) is 4.88. The van der Waals surface area contributed by atoms with Crippen LogP contribution < -0.4 is 0 Å². The highest BCUT2D eigenvalue weighted by Gasteiger charge is 2.45. The van der Waals surface area contributed by atoms with E-state index in [1.54, 1.807) is 6.07 Å². The van der Waals surface area contributed by atoms with Gasteiger partial charge in [-0.1, -0.05) is 32.3 Å². The minimum atomic E-state index is -0.576. The fourth-order valence-electron chi connectivity index (χ4n) is 7.25. The zero-order chi connectivity index (χ0) is 28.3. The molecule has 1 aromatic rings. The molecule has 1 saturated carbocycles. The average Bonchev–Trinajstić information content (AvgIpc) is 3.35. The van der Waals surface area contributed by atoms with Crippen LogP contribution in [-0.4, -0.2) is 95.5 Å². The Balaban J connectivity index is 1.47. The van der Waals surface area contributed by atoms with Crippen molar-refractivity contribution in [2.24, 2.45) is 11.8 Å². The van der Waals surface area contributed by atoms with Crippen LogP contribution in [0.1, 0.15) is 85.1 Å². The minimum absolute atomic E-state index is 0.127. The van der Waals surface area contributed by atoms with Gasteiger partial charge in [-0.15, -0.1) is 0 Å². The fraction of sp³-hybridized carbons (Fsp3) is 0.781. The molecule has 3 fully saturated rings. The van der Waals surface area contributed by atoms with Gasteiger partial charge >= 0.3 is 0 Å². The Kier molecular flexibility index (Phi) is 10.1. The molecule has 1 aliphatic carbocycles. The second kappa shape index (κ2) is 12.9. The number of carbonyl (C=O) groups excluding carboxylic acids is 1. The number of benzene rings is 1.